The van der Waals surface area contributed by atoms with E-state index in [-0.39, 0.29) is 11.6 Å². The highest BCUT2D eigenvalue weighted by molar-refractivity contribution is 5.91. The molecule has 4 aromatic rings. The minimum absolute atomic E-state index is 0.136. The number of hydrogen-bond acceptors (Lipinski definition) is 4. The summed E-state index contributed by atoms with van der Waals surface area (Å²) in [5.74, 6) is 1.95. The number of para-hydroxylation sites is 2. The molecule has 1 unspecified atom stereocenters. The van der Waals surface area contributed by atoms with Gasteiger partial charge in [-0.15, -0.1) is 0 Å². The second kappa shape index (κ2) is 10.2. The van der Waals surface area contributed by atoms with Crippen molar-refractivity contribution >= 4 is 34.0 Å². The fourth-order valence-electron chi connectivity index (χ4n) is 6.40. The standard InChI is InChI=1S/C31H34N4.C2H6/c1-5-21-18-25-26(19-22(21)6-2)33-30-29(32-25)34(23-14-10-9-11-15-23)28-20-31(7-3,8-4)24-16-12-13-17-27(24)35(28)30;1-2/h9-19,28H,5-8,20H2,1-4H3;1-2H3. The monoisotopic (exact) mass is 492 g/mol. The van der Waals surface area contributed by atoms with Crippen LogP contribution in [0.2, 0.25) is 0 Å². The molecule has 0 fully saturated rings. The average Bonchev–Trinajstić information content (AvgIpc) is 3.28. The Kier molecular flexibility index (Phi) is 6.94. The average molecular weight is 493 g/mol. The Morgan fingerprint density at radius 3 is 1.84 bits per heavy atom. The van der Waals surface area contributed by atoms with Gasteiger partial charge in [-0.2, -0.15) is 0 Å². The third-order valence-electron chi connectivity index (χ3n) is 8.46. The second-order valence-corrected chi connectivity index (χ2v) is 9.95. The molecule has 0 saturated carbocycles. The number of nitrogens with zero attached hydrogens (tertiary/aromatic N) is 4. The first kappa shape index (κ1) is 25.3. The quantitative estimate of drug-likeness (QED) is 0.278. The zero-order valence-corrected chi connectivity index (χ0v) is 23.3. The van der Waals surface area contributed by atoms with E-state index in [1.165, 1.54) is 28.1 Å². The SMILES string of the molecule is CC.CCc1cc2nc3c(nc2cc1CC)N1c2ccccc2C(CC)(CC)CC1N3c1ccccc1. The van der Waals surface area contributed by atoms with Gasteiger partial charge in [0, 0.05) is 16.8 Å². The summed E-state index contributed by atoms with van der Waals surface area (Å²) in [6.07, 6.45) is 5.45. The molecule has 6 rings (SSSR count). The summed E-state index contributed by atoms with van der Waals surface area (Å²) in [6, 6.07) is 24.2. The maximum Gasteiger partial charge on any atom is 0.179 e. The summed E-state index contributed by atoms with van der Waals surface area (Å²) >= 11 is 0. The van der Waals surface area contributed by atoms with Gasteiger partial charge in [0.25, 0.3) is 0 Å². The van der Waals surface area contributed by atoms with Crippen LogP contribution in [0.1, 0.15) is 77.5 Å². The normalized spacial score (nSPS) is 17.1. The molecule has 2 aliphatic rings. The molecular formula is C33H40N4. The molecule has 0 saturated heterocycles. The summed E-state index contributed by atoms with van der Waals surface area (Å²) in [6.45, 7) is 13.1. The molecule has 0 spiro atoms. The molecule has 37 heavy (non-hydrogen) atoms. The van der Waals surface area contributed by atoms with Crippen LogP contribution in [0, 0.1) is 0 Å². The molecule has 0 N–H and O–H groups in total. The maximum absolute atomic E-state index is 5.32. The predicted molar refractivity (Wildman–Crippen MR) is 157 cm³/mol. The van der Waals surface area contributed by atoms with Gasteiger partial charge in [-0.1, -0.05) is 77.9 Å². The molecular weight excluding hydrogens is 452 g/mol. The Bertz CT molecular complexity index is 1390. The molecule has 0 radical (unpaired) electrons. The zero-order valence-electron chi connectivity index (χ0n) is 23.3. The van der Waals surface area contributed by atoms with Crippen LogP contribution in [0.25, 0.3) is 11.0 Å². The van der Waals surface area contributed by atoms with E-state index in [0.717, 1.165) is 54.8 Å². The molecule has 2 aliphatic heterocycles. The van der Waals surface area contributed by atoms with E-state index < -0.39 is 0 Å². The summed E-state index contributed by atoms with van der Waals surface area (Å²) < 4.78 is 0. The van der Waals surface area contributed by atoms with E-state index in [4.69, 9.17) is 9.97 Å². The van der Waals surface area contributed by atoms with Crippen LogP contribution in [0.4, 0.5) is 23.0 Å². The number of aryl methyl sites for hydroxylation is 2. The van der Waals surface area contributed by atoms with E-state index in [0.29, 0.717) is 0 Å². The minimum atomic E-state index is 0.136. The molecule has 4 nitrogen and oxygen atoms in total. The topological polar surface area (TPSA) is 32.3 Å². The molecule has 0 bridgehead atoms. The van der Waals surface area contributed by atoms with E-state index >= 15 is 0 Å². The smallest absolute Gasteiger partial charge is 0.179 e. The number of hydrogen-bond donors (Lipinski definition) is 0. The van der Waals surface area contributed by atoms with Gasteiger partial charge in [0.15, 0.2) is 11.6 Å². The number of aromatic nitrogens is 2. The van der Waals surface area contributed by atoms with Crippen molar-refractivity contribution in [2.45, 2.75) is 85.2 Å². The van der Waals surface area contributed by atoms with Crippen molar-refractivity contribution in [1.29, 1.82) is 0 Å². The van der Waals surface area contributed by atoms with Crippen molar-refractivity contribution < 1.29 is 0 Å². The summed E-state index contributed by atoms with van der Waals surface area (Å²) in [5.41, 5.74) is 8.77. The van der Waals surface area contributed by atoms with Gasteiger partial charge < -0.3 is 9.80 Å². The zero-order chi connectivity index (χ0) is 26.2. The van der Waals surface area contributed by atoms with Crippen LogP contribution >= 0.6 is 0 Å². The highest BCUT2D eigenvalue weighted by Gasteiger charge is 2.50. The van der Waals surface area contributed by atoms with Crippen molar-refractivity contribution in [2.75, 3.05) is 9.80 Å². The van der Waals surface area contributed by atoms with Crippen LogP contribution in [-0.2, 0) is 18.3 Å². The molecule has 3 aromatic carbocycles. The van der Waals surface area contributed by atoms with Crippen molar-refractivity contribution in [3.05, 3.63) is 83.4 Å². The fraction of sp³-hybridized carbons (Fsp3) is 0.394. The van der Waals surface area contributed by atoms with E-state index in [2.05, 4.69) is 104 Å². The van der Waals surface area contributed by atoms with Crippen molar-refractivity contribution in [2.24, 2.45) is 0 Å². The molecule has 0 amide bonds. The summed E-state index contributed by atoms with van der Waals surface area (Å²) in [7, 11) is 0. The largest absolute Gasteiger partial charge is 0.302 e. The highest BCUT2D eigenvalue weighted by Crippen LogP contribution is 2.56. The van der Waals surface area contributed by atoms with Crippen LogP contribution in [0.3, 0.4) is 0 Å². The number of rotatable bonds is 5. The maximum atomic E-state index is 5.32. The van der Waals surface area contributed by atoms with Gasteiger partial charge >= 0.3 is 0 Å². The Hall–Kier alpha value is -3.40. The number of fused-ring (bicyclic) bond motifs is 6. The third kappa shape index (κ3) is 3.89. The summed E-state index contributed by atoms with van der Waals surface area (Å²) in [5, 5.41) is 0. The lowest BCUT2D eigenvalue weighted by molar-refractivity contribution is 0.322. The lowest BCUT2D eigenvalue weighted by Crippen LogP contribution is -2.48. The van der Waals surface area contributed by atoms with E-state index in [1.807, 2.05) is 13.8 Å². The van der Waals surface area contributed by atoms with Gasteiger partial charge in [-0.25, -0.2) is 9.97 Å². The Balaban J connectivity index is 0.00000137. The molecule has 1 aromatic heterocycles. The van der Waals surface area contributed by atoms with Crippen LogP contribution in [0.15, 0.2) is 66.7 Å². The summed E-state index contributed by atoms with van der Waals surface area (Å²) in [4.78, 5) is 15.5. The lowest BCUT2D eigenvalue weighted by atomic mass is 9.69. The number of anilines is 4. The first-order valence-corrected chi connectivity index (χ1v) is 14.2. The Morgan fingerprint density at radius 2 is 1.27 bits per heavy atom. The van der Waals surface area contributed by atoms with Crippen molar-refractivity contribution in [1.82, 2.24) is 9.97 Å². The third-order valence-corrected chi connectivity index (χ3v) is 8.46. The van der Waals surface area contributed by atoms with Gasteiger partial charge in [-0.05, 0) is 79.1 Å². The van der Waals surface area contributed by atoms with Gasteiger partial charge in [0.1, 0.15) is 6.17 Å². The van der Waals surface area contributed by atoms with Crippen LogP contribution in [-0.4, -0.2) is 16.1 Å². The molecule has 1 atom stereocenters. The predicted octanol–water partition coefficient (Wildman–Crippen LogP) is 8.86. The number of benzene rings is 3. The first-order valence-electron chi connectivity index (χ1n) is 14.2. The van der Waals surface area contributed by atoms with Gasteiger partial charge in [0.05, 0.1) is 11.0 Å². The molecule has 3 heterocycles. The lowest BCUT2D eigenvalue weighted by Gasteiger charge is -2.47. The first-order chi connectivity index (χ1) is 18.1. The highest BCUT2D eigenvalue weighted by atomic mass is 15.5. The molecule has 0 aliphatic carbocycles. The minimum Gasteiger partial charge on any atom is -0.302 e. The van der Waals surface area contributed by atoms with Crippen molar-refractivity contribution in [3.63, 3.8) is 0 Å². The Labute approximate surface area is 222 Å². The fourth-order valence-corrected chi connectivity index (χ4v) is 6.40. The van der Waals surface area contributed by atoms with Gasteiger partial charge in [-0.3, -0.25) is 0 Å². The second-order valence-electron chi connectivity index (χ2n) is 9.95. The van der Waals surface area contributed by atoms with E-state index in [9.17, 15) is 0 Å². The van der Waals surface area contributed by atoms with Crippen molar-refractivity contribution in [3.8, 4) is 0 Å². The van der Waals surface area contributed by atoms with Crippen LogP contribution in [0.5, 0.6) is 0 Å². The van der Waals surface area contributed by atoms with E-state index in [1.54, 1.807) is 0 Å². The Morgan fingerprint density at radius 1 is 0.730 bits per heavy atom. The molecule has 192 valence electrons. The van der Waals surface area contributed by atoms with Gasteiger partial charge in [0.2, 0.25) is 0 Å². The molecule has 4 heteroatoms. The van der Waals surface area contributed by atoms with Crippen LogP contribution < -0.4 is 9.80 Å².